The summed E-state index contributed by atoms with van der Waals surface area (Å²) in [5.74, 6) is 0. The molecule has 16 heavy (non-hydrogen) atoms. The fraction of sp³-hybridized carbons (Fsp3) is 0.286. The maximum atomic E-state index is 5.23. The van der Waals surface area contributed by atoms with Crippen LogP contribution in [0.25, 0.3) is 0 Å². The summed E-state index contributed by atoms with van der Waals surface area (Å²) in [5, 5.41) is 3.12. The summed E-state index contributed by atoms with van der Waals surface area (Å²) in [6.45, 7) is 0. The van der Waals surface area contributed by atoms with Gasteiger partial charge >= 0.3 is 0 Å². The van der Waals surface area contributed by atoms with Crippen molar-refractivity contribution in [2.24, 2.45) is 0 Å². The van der Waals surface area contributed by atoms with Crippen LogP contribution in [0.1, 0.15) is 12.0 Å². The quantitative estimate of drug-likeness (QED) is 0.833. The van der Waals surface area contributed by atoms with Crippen LogP contribution in [0.5, 0.6) is 0 Å². The highest BCUT2D eigenvalue weighted by Gasteiger charge is 2.06. The molecule has 1 aliphatic heterocycles. The number of dihydropyridines is 1. The molecule has 0 saturated carbocycles. The molecule has 0 aromatic heterocycles. The minimum absolute atomic E-state index is 0.0239. The third-order valence-electron chi connectivity index (χ3n) is 2.72. The largest absolute Gasteiger partial charge is 0.363 e. The van der Waals surface area contributed by atoms with Crippen LogP contribution in [-0.2, 0) is 11.2 Å². The number of aryl methyl sites for hydroxylation is 1. The van der Waals surface area contributed by atoms with Gasteiger partial charge in [-0.25, -0.2) is 0 Å². The Hall–Kier alpha value is -1.54. The Labute approximate surface area is 96.6 Å². The molecular weight excluding hydrogens is 198 g/mol. The van der Waals surface area contributed by atoms with Crippen molar-refractivity contribution in [2.75, 3.05) is 7.11 Å². The predicted molar refractivity (Wildman–Crippen MR) is 65.9 cm³/mol. The molecule has 1 heterocycles. The molecule has 0 amide bonds. The maximum absolute atomic E-state index is 5.23. The highest BCUT2D eigenvalue weighted by molar-refractivity contribution is 5.25. The van der Waals surface area contributed by atoms with E-state index in [-0.39, 0.29) is 6.23 Å². The first-order valence-corrected chi connectivity index (χ1v) is 5.58. The van der Waals surface area contributed by atoms with E-state index < -0.39 is 0 Å². The normalized spacial score (nSPS) is 19.1. The van der Waals surface area contributed by atoms with E-state index in [1.54, 1.807) is 7.11 Å². The maximum Gasteiger partial charge on any atom is 0.146 e. The molecule has 0 bridgehead atoms. The lowest BCUT2D eigenvalue weighted by atomic mass is 10.0. The molecule has 1 aromatic rings. The average Bonchev–Trinajstić information content (AvgIpc) is 2.38. The lowest BCUT2D eigenvalue weighted by molar-refractivity contribution is 0.123. The molecule has 1 unspecified atom stereocenters. The minimum atomic E-state index is 0.0239. The van der Waals surface area contributed by atoms with E-state index in [1.165, 1.54) is 11.1 Å². The van der Waals surface area contributed by atoms with E-state index in [9.17, 15) is 0 Å². The molecule has 0 saturated heterocycles. The van der Waals surface area contributed by atoms with Gasteiger partial charge in [0.2, 0.25) is 0 Å². The Morgan fingerprint density at radius 2 is 2.00 bits per heavy atom. The van der Waals surface area contributed by atoms with Gasteiger partial charge in [-0.2, -0.15) is 0 Å². The highest BCUT2D eigenvalue weighted by Crippen LogP contribution is 2.13. The monoisotopic (exact) mass is 215 g/mol. The summed E-state index contributed by atoms with van der Waals surface area (Å²) in [6.07, 6.45) is 8.35. The molecule has 2 nitrogen and oxygen atoms in total. The zero-order valence-electron chi connectivity index (χ0n) is 9.52. The van der Waals surface area contributed by atoms with Crippen molar-refractivity contribution in [2.45, 2.75) is 19.1 Å². The second kappa shape index (κ2) is 5.52. The summed E-state index contributed by atoms with van der Waals surface area (Å²) in [7, 11) is 1.71. The third kappa shape index (κ3) is 2.97. The molecule has 1 aliphatic rings. The number of nitrogens with one attached hydrogen (secondary N) is 1. The Bertz CT molecular complexity index is 381. The van der Waals surface area contributed by atoms with Gasteiger partial charge in [0, 0.05) is 7.11 Å². The van der Waals surface area contributed by atoms with E-state index in [2.05, 4.69) is 41.7 Å². The Morgan fingerprint density at radius 3 is 2.75 bits per heavy atom. The van der Waals surface area contributed by atoms with Gasteiger partial charge < -0.3 is 10.1 Å². The molecule has 2 heteroatoms. The van der Waals surface area contributed by atoms with Crippen LogP contribution in [0.3, 0.4) is 0 Å². The second-order valence-corrected chi connectivity index (χ2v) is 3.88. The van der Waals surface area contributed by atoms with Gasteiger partial charge in [0.05, 0.1) is 0 Å². The van der Waals surface area contributed by atoms with Gasteiger partial charge in [-0.15, -0.1) is 0 Å². The van der Waals surface area contributed by atoms with E-state index in [1.807, 2.05) is 12.3 Å². The van der Waals surface area contributed by atoms with E-state index in [0.717, 1.165) is 12.8 Å². The smallest absolute Gasteiger partial charge is 0.146 e. The number of methoxy groups -OCH3 is 1. The lowest BCUT2D eigenvalue weighted by Crippen LogP contribution is -2.26. The van der Waals surface area contributed by atoms with Crippen molar-refractivity contribution in [1.29, 1.82) is 0 Å². The molecular formula is C14H17NO. The van der Waals surface area contributed by atoms with Crippen LogP contribution >= 0.6 is 0 Å². The number of hydrogen-bond acceptors (Lipinski definition) is 2. The van der Waals surface area contributed by atoms with Gasteiger partial charge in [0.25, 0.3) is 0 Å². The Kier molecular flexibility index (Phi) is 3.78. The zero-order valence-corrected chi connectivity index (χ0v) is 9.52. The van der Waals surface area contributed by atoms with Crippen molar-refractivity contribution >= 4 is 0 Å². The minimum Gasteiger partial charge on any atom is -0.363 e. The fourth-order valence-corrected chi connectivity index (χ4v) is 1.78. The molecule has 0 fully saturated rings. The van der Waals surface area contributed by atoms with Crippen LogP contribution in [0.4, 0.5) is 0 Å². The Balaban J connectivity index is 1.91. The number of allylic oxidation sites excluding steroid dienone is 2. The van der Waals surface area contributed by atoms with Gasteiger partial charge in [-0.1, -0.05) is 30.3 Å². The predicted octanol–water partition coefficient (Wildman–Crippen LogP) is 2.64. The van der Waals surface area contributed by atoms with Gasteiger partial charge in [-0.05, 0) is 42.3 Å². The number of hydrogen-bond donors (Lipinski definition) is 1. The standard InChI is InChI=1S/C14H17NO/c1-16-14-11-13(9-10-15-14)8-7-12-5-3-2-4-6-12/h2-6,9-11,14-15H,7-8H2,1H3. The van der Waals surface area contributed by atoms with Crippen molar-refractivity contribution < 1.29 is 4.74 Å². The summed E-state index contributed by atoms with van der Waals surface area (Å²) in [6, 6.07) is 10.5. The SMILES string of the molecule is COC1C=C(CCc2ccccc2)C=CN1. The first kappa shape index (κ1) is 11.0. The first-order valence-electron chi connectivity index (χ1n) is 5.58. The summed E-state index contributed by atoms with van der Waals surface area (Å²) in [5.41, 5.74) is 2.71. The first-order chi connectivity index (χ1) is 7.88. The van der Waals surface area contributed by atoms with Crippen LogP contribution in [0.2, 0.25) is 0 Å². The van der Waals surface area contributed by atoms with Crippen molar-refractivity contribution in [3.63, 3.8) is 0 Å². The molecule has 1 aromatic carbocycles. The third-order valence-corrected chi connectivity index (χ3v) is 2.72. The van der Waals surface area contributed by atoms with Crippen LogP contribution in [0, 0.1) is 0 Å². The molecule has 0 spiro atoms. The molecule has 1 atom stereocenters. The van der Waals surface area contributed by atoms with E-state index >= 15 is 0 Å². The second-order valence-electron chi connectivity index (χ2n) is 3.88. The lowest BCUT2D eigenvalue weighted by Gasteiger charge is -2.17. The van der Waals surface area contributed by atoms with E-state index in [4.69, 9.17) is 4.74 Å². The van der Waals surface area contributed by atoms with Gasteiger partial charge in [0.15, 0.2) is 0 Å². The van der Waals surface area contributed by atoms with Crippen LogP contribution < -0.4 is 5.32 Å². The molecule has 84 valence electrons. The van der Waals surface area contributed by atoms with Crippen molar-refractivity contribution in [3.8, 4) is 0 Å². The highest BCUT2D eigenvalue weighted by atomic mass is 16.5. The summed E-state index contributed by atoms with van der Waals surface area (Å²) in [4.78, 5) is 0. The molecule has 2 rings (SSSR count). The van der Waals surface area contributed by atoms with Crippen molar-refractivity contribution in [1.82, 2.24) is 5.32 Å². The van der Waals surface area contributed by atoms with Gasteiger partial charge in [0.1, 0.15) is 6.23 Å². The number of ether oxygens (including phenoxy) is 1. The molecule has 0 radical (unpaired) electrons. The van der Waals surface area contributed by atoms with E-state index in [0.29, 0.717) is 0 Å². The number of benzene rings is 1. The molecule has 1 N–H and O–H groups in total. The fourth-order valence-electron chi connectivity index (χ4n) is 1.78. The average molecular weight is 215 g/mol. The topological polar surface area (TPSA) is 21.3 Å². The van der Waals surface area contributed by atoms with Crippen LogP contribution in [0.15, 0.2) is 54.3 Å². The number of rotatable bonds is 4. The van der Waals surface area contributed by atoms with Crippen molar-refractivity contribution in [3.05, 3.63) is 59.8 Å². The Morgan fingerprint density at radius 1 is 1.19 bits per heavy atom. The molecule has 0 aliphatic carbocycles. The van der Waals surface area contributed by atoms with Gasteiger partial charge in [-0.3, -0.25) is 0 Å². The van der Waals surface area contributed by atoms with Crippen LogP contribution in [-0.4, -0.2) is 13.3 Å². The zero-order chi connectivity index (χ0) is 11.2. The summed E-state index contributed by atoms with van der Waals surface area (Å²) >= 11 is 0. The summed E-state index contributed by atoms with van der Waals surface area (Å²) < 4.78 is 5.23.